The van der Waals surface area contributed by atoms with E-state index in [0.717, 1.165) is 36.3 Å². The Kier molecular flexibility index (Phi) is 6.26. The van der Waals surface area contributed by atoms with E-state index in [1.807, 2.05) is 16.8 Å². The maximum atomic E-state index is 12.3. The SMILES string of the molecule is C=CCn1nc(C(=O)OCC)c2c1CCN(Cc1ccc(C(=O)OC)cc1)C2. The van der Waals surface area contributed by atoms with Crippen molar-refractivity contribution in [3.63, 3.8) is 0 Å². The average Bonchev–Trinajstić information content (AvgIpc) is 3.06. The Hall–Kier alpha value is -2.93. The first-order valence-corrected chi connectivity index (χ1v) is 9.33. The molecule has 0 atom stereocenters. The number of carbonyl (C=O) groups is 2. The summed E-state index contributed by atoms with van der Waals surface area (Å²) in [6.07, 6.45) is 2.58. The first-order valence-electron chi connectivity index (χ1n) is 9.33. The highest BCUT2D eigenvalue weighted by Crippen LogP contribution is 2.25. The van der Waals surface area contributed by atoms with Crippen molar-refractivity contribution in [1.29, 1.82) is 0 Å². The van der Waals surface area contributed by atoms with Gasteiger partial charge >= 0.3 is 11.9 Å². The molecule has 7 nitrogen and oxygen atoms in total. The molecule has 0 spiro atoms. The molecule has 148 valence electrons. The second-order valence-electron chi connectivity index (χ2n) is 6.61. The van der Waals surface area contributed by atoms with Gasteiger partial charge in [-0.25, -0.2) is 9.59 Å². The van der Waals surface area contributed by atoms with Gasteiger partial charge in [-0.2, -0.15) is 5.10 Å². The van der Waals surface area contributed by atoms with Crippen LogP contribution in [0.25, 0.3) is 0 Å². The van der Waals surface area contributed by atoms with E-state index in [-0.39, 0.29) is 11.9 Å². The van der Waals surface area contributed by atoms with E-state index >= 15 is 0 Å². The fourth-order valence-corrected chi connectivity index (χ4v) is 3.44. The third-order valence-corrected chi connectivity index (χ3v) is 4.77. The molecule has 2 heterocycles. The number of carbonyl (C=O) groups excluding carboxylic acids is 2. The summed E-state index contributed by atoms with van der Waals surface area (Å²) < 4.78 is 11.8. The number of ether oxygens (including phenoxy) is 2. The standard InChI is InChI=1S/C21H25N3O4/c1-4-11-24-18-10-12-23(14-17(18)19(22-24)21(26)28-5-2)13-15-6-8-16(9-7-15)20(25)27-3/h4,6-9H,1,5,10-14H2,2-3H3. The van der Waals surface area contributed by atoms with Gasteiger partial charge in [0.25, 0.3) is 0 Å². The van der Waals surface area contributed by atoms with Crippen LogP contribution in [0.3, 0.4) is 0 Å². The summed E-state index contributed by atoms with van der Waals surface area (Å²) in [6.45, 7) is 8.64. The zero-order chi connectivity index (χ0) is 20.1. The zero-order valence-electron chi connectivity index (χ0n) is 16.3. The lowest BCUT2D eigenvalue weighted by atomic mass is 10.0. The van der Waals surface area contributed by atoms with Gasteiger partial charge in [-0.05, 0) is 24.6 Å². The molecule has 0 bridgehead atoms. The Morgan fingerprint density at radius 3 is 2.64 bits per heavy atom. The first kappa shape index (κ1) is 19.8. The predicted octanol–water partition coefficient (Wildman–Crippen LogP) is 2.59. The van der Waals surface area contributed by atoms with Gasteiger partial charge in [0.1, 0.15) is 0 Å². The van der Waals surface area contributed by atoms with Crippen LogP contribution in [0.15, 0.2) is 36.9 Å². The minimum Gasteiger partial charge on any atom is -0.465 e. The molecule has 0 unspecified atom stereocenters. The van der Waals surface area contributed by atoms with Gasteiger partial charge in [-0.15, -0.1) is 6.58 Å². The van der Waals surface area contributed by atoms with Gasteiger partial charge in [0.15, 0.2) is 5.69 Å². The summed E-state index contributed by atoms with van der Waals surface area (Å²) in [6, 6.07) is 7.38. The number of fused-ring (bicyclic) bond motifs is 1. The van der Waals surface area contributed by atoms with Crippen LogP contribution >= 0.6 is 0 Å². The number of nitrogens with zero attached hydrogens (tertiary/aromatic N) is 3. The van der Waals surface area contributed by atoms with Gasteiger partial charge in [0, 0.05) is 37.3 Å². The summed E-state index contributed by atoms with van der Waals surface area (Å²) in [7, 11) is 1.37. The van der Waals surface area contributed by atoms with Crippen molar-refractivity contribution >= 4 is 11.9 Å². The van der Waals surface area contributed by atoms with Crippen LogP contribution in [0, 0.1) is 0 Å². The van der Waals surface area contributed by atoms with E-state index in [4.69, 9.17) is 9.47 Å². The summed E-state index contributed by atoms with van der Waals surface area (Å²) in [5, 5.41) is 4.47. The molecule has 2 aromatic rings. The molecular weight excluding hydrogens is 358 g/mol. The van der Waals surface area contributed by atoms with Gasteiger partial charge in [0.2, 0.25) is 0 Å². The monoisotopic (exact) mass is 383 g/mol. The fraction of sp³-hybridized carbons (Fsp3) is 0.381. The number of allylic oxidation sites excluding steroid dienone is 1. The van der Waals surface area contributed by atoms with Crippen LogP contribution in [0.4, 0.5) is 0 Å². The van der Waals surface area contributed by atoms with E-state index in [1.165, 1.54) is 7.11 Å². The summed E-state index contributed by atoms with van der Waals surface area (Å²) in [5.74, 6) is -0.728. The van der Waals surface area contributed by atoms with Crippen LogP contribution in [0.2, 0.25) is 0 Å². The van der Waals surface area contributed by atoms with Crippen LogP contribution in [-0.4, -0.2) is 46.9 Å². The molecule has 3 rings (SSSR count). The van der Waals surface area contributed by atoms with Crippen LogP contribution in [0.5, 0.6) is 0 Å². The summed E-state index contributed by atoms with van der Waals surface area (Å²) in [4.78, 5) is 26.2. The highest BCUT2D eigenvalue weighted by molar-refractivity contribution is 5.89. The van der Waals surface area contributed by atoms with Crippen molar-refractivity contribution in [2.45, 2.75) is 33.0 Å². The van der Waals surface area contributed by atoms with E-state index < -0.39 is 0 Å². The van der Waals surface area contributed by atoms with Crippen molar-refractivity contribution in [3.05, 3.63) is 65.0 Å². The lowest BCUT2D eigenvalue weighted by Crippen LogP contribution is -2.31. The Balaban J connectivity index is 1.78. The van der Waals surface area contributed by atoms with Crippen LogP contribution < -0.4 is 0 Å². The molecule has 0 saturated heterocycles. The molecule has 0 radical (unpaired) electrons. The van der Waals surface area contributed by atoms with Crippen LogP contribution in [-0.2, 0) is 35.5 Å². The van der Waals surface area contributed by atoms with Gasteiger partial charge < -0.3 is 9.47 Å². The second-order valence-corrected chi connectivity index (χ2v) is 6.61. The first-order chi connectivity index (χ1) is 13.6. The number of benzene rings is 1. The molecule has 7 heteroatoms. The zero-order valence-corrected chi connectivity index (χ0v) is 16.3. The highest BCUT2D eigenvalue weighted by atomic mass is 16.5. The molecule has 0 N–H and O–H groups in total. The van der Waals surface area contributed by atoms with Crippen molar-refractivity contribution in [3.8, 4) is 0 Å². The molecule has 0 aliphatic carbocycles. The van der Waals surface area contributed by atoms with Crippen molar-refractivity contribution in [2.24, 2.45) is 0 Å². The molecule has 0 saturated carbocycles. The Morgan fingerprint density at radius 2 is 2.00 bits per heavy atom. The van der Waals surface area contributed by atoms with E-state index in [9.17, 15) is 9.59 Å². The minimum atomic E-state index is -0.383. The Labute approximate surface area is 164 Å². The Morgan fingerprint density at radius 1 is 1.25 bits per heavy atom. The molecule has 0 fully saturated rings. The predicted molar refractivity (Wildman–Crippen MR) is 104 cm³/mol. The van der Waals surface area contributed by atoms with Crippen LogP contribution in [0.1, 0.15) is 44.6 Å². The number of aromatic nitrogens is 2. The molecule has 0 amide bonds. The topological polar surface area (TPSA) is 73.7 Å². The quantitative estimate of drug-likeness (QED) is 0.540. The Bertz CT molecular complexity index is 871. The van der Waals surface area contributed by atoms with E-state index in [2.05, 4.69) is 16.6 Å². The molecule has 1 aromatic heterocycles. The lowest BCUT2D eigenvalue weighted by molar-refractivity contribution is 0.0515. The average molecular weight is 383 g/mol. The van der Waals surface area contributed by atoms with E-state index in [0.29, 0.717) is 31.0 Å². The number of methoxy groups -OCH3 is 1. The molecule has 1 aliphatic heterocycles. The number of rotatable bonds is 7. The van der Waals surface area contributed by atoms with Gasteiger partial charge in [-0.1, -0.05) is 18.2 Å². The van der Waals surface area contributed by atoms with Crippen molar-refractivity contribution < 1.29 is 19.1 Å². The number of hydrogen-bond donors (Lipinski definition) is 0. The minimum absolute atomic E-state index is 0.318. The summed E-state index contributed by atoms with van der Waals surface area (Å²) in [5.41, 5.74) is 4.01. The van der Waals surface area contributed by atoms with Gasteiger partial charge in [-0.3, -0.25) is 9.58 Å². The molecule has 28 heavy (non-hydrogen) atoms. The maximum Gasteiger partial charge on any atom is 0.359 e. The lowest BCUT2D eigenvalue weighted by Gasteiger charge is -2.27. The third-order valence-electron chi connectivity index (χ3n) is 4.77. The fourth-order valence-electron chi connectivity index (χ4n) is 3.44. The molecule has 1 aliphatic rings. The third kappa shape index (κ3) is 4.14. The van der Waals surface area contributed by atoms with Crippen molar-refractivity contribution in [1.82, 2.24) is 14.7 Å². The van der Waals surface area contributed by atoms with E-state index in [1.54, 1.807) is 25.1 Å². The number of esters is 2. The smallest absolute Gasteiger partial charge is 0.359 e. The largest absolute Gasteiger partial charge is 0.465 e. The highest BCUT2D eigenvalue weighted by Gasteiger charge is 2.28. The second kappa shape index (κ2) is 8.84. The number of hydrogen-bond acceptors (Lipinski definition) is 6. The normalized spacial score (nSPS) is 13.6. The summed E-state index contributed by atoms with van der Waals surface area (Å²) >= 11 is 0. The van der Waals surface area contributed by atoms with Gasteiger partial charge in [0.05, 0.1) is 25.8 Å². The van der Waals surface area contributed by atoms with Crippen molar-refractivity contribution in [2.75, 3.05) is 20.3 Å². The molecular formula is C21H25N3O4. The maximum absolute atomic E-state index is 12.3. The molecule has 1 aromatic carbocycles.